The van der Waals surface area contributed by atoms with Gasteiger partial charge in [-0.05, 0) is 56.2 Å². The number of fused-ring (bicyclic) bond motifs is 1. The van der Waals surface area contributed by atoms with Gasteiger partial charge in [0.15, 0.2) is 0 Å². The molecule has 3 aromatic rings. The summed E-state index contributed by atoms with van der Waals surface area (Å²) in [5.74, 6) is 0.441. The molecule has 1 heterocycles. The number of methoxy groups -OCH3 is 1. The van der Waals surface area contributed by atoms with E-state index in [4.69, 9.17) is 4.74 Å². The van der Waals surface area contributed by atoms with E-state index < -0.39 is 0 Å². The summed E-state index contributed by atoms with van der Waals surface area (Å²) in [6.45, 7) is 2.63. The first-order chi connectivity index (χ1) is 14.0. The molecule has 29 heavy (non-hydrogen) atoms. The van der Waals surface area contributed by atoms with Crippen molar-refractivity contribution in [1.29, 1.82) is 0 Å². The molecule has 0 saturated heterocycles. The summed E-state index contributed by atoms with van der Waals surface area (Å²) >= 11 is 0. The number of amides is 2. The Hall–Kier alpha value is -3.35. The summed E-state index contributed by atoms with van der Waals surface area (Å²) in [5.41, 5.74) is 2.38. The molecule has 0 aliphatic carbocycles. The molecule has 0 bridgehead atoms. The predicted molar refractivity (Wildman–Crippen MR) is 114 cm³/mol. The topological polar surface area (TPSA) is 75.3 Å². The van der Waals surface area contributed by atoms with Crippen molar-refractivity contribution in [3.63, 3.8) is 0 Å². The van der Waals surface area contributed by atoms with Crippen LogP contribution < -0.4 is 20.7 Å². The molecule has 2 aromatic carbocycles. The highest BCUT2D eigenvalue weighted by Crippen LogP contribution is 2.28. The lowest BCUT2D eigenvalue weighted by atomic mass is 10.1. The number of anilines is 2. The Morgan fingerprint density at radius 3 is 2.76 bits per heavy atom. The number of nitrogens with one attached hydrogen (secondary N) is 3. The number of pyridine rings is 1. The van der Waals surface area contributed by atoms with Crippen molar-refractivity contribution in [2.45, 2.75) is 25.8 Å². The maximum Gasteiger partial charge on any atom is 0.319 e. The van der Waals surface area contributed by atoms with Crippen molar-refractivity contribution in [3.05, 3.63) is 60.5 Å². The van der Waals surface area contributed by atoms with Crippen LogP contribution in [0.1, 0.15) is 19.8 Å². The highest BCUT2D eigenvalue weighted by molar-refractivity contribution is 5.92. The van der Waals surface area contributed by atoms with Gasteiger partial charge in [0.05, 0.1) is 18.3 Å². The number of halogens is 1. The van der Waals surface area contributed by atoms with Crippen molar-refractivity contribution < 1.29 is 13.9 Å². The zero-order valence-corrected chi connectivity index (χ0v) is 16.5. The number of carbonyl (C=O) groups excluding carboxylic acids is 1. The molecule has 0 radical (unpaired) electrons. The number of aromatic nitrogens is 1. The second kappa shape index (κ2) is 9.73. The summed E-state index contributed by atoms with van der Waals surface area (Å²) in [7, 11) is 1.65. The third-order valence-electron chi connectivity index (χ3n) is 4.52. The Bertz CT molecular complexity index is 963. The van der Waals surface area contributed by atoms with Crippen LogP contribution in [-0.4, -0.2) is 30.7 Å². The van der Waals surface area contributed by atoms with Gasteiger partial charge in [0.25, 0.3) is 0 Å². The van der Waals surface area contributed by atoms with Crippen molar-refractivity contribution in [2.24, 2.45) is 0 Å². The highest BCUT2D eigenvalue weighted by atomic mass is 19.1. The molecule has 2 amide bonds. The third kappa shape index (κ3) is 5.81. The minimum Gasteiger partial charge on any atom is -0.497 e. The van der Waals surface area contributed by atoms with Crippen LogP contribution in [0.2, 0.25) is 0 Å². The molecular formula is C22H25FN4O2. The van der Waals surface area contributed by atoms with Crippen LogP contribution in [0, 0.1) is 5.82 Å². The van der Waals surface area contributed by atoms with Gasteiger partial charge in [-0.25, -0.2) is 9.18 Å². The molecule has 1 unspecified atom stereocenters. The van der Waals surface area contributed by atoms with E-state index in [0.29, 0.717) is 12.2 Å². The van der Waals surface area contributed by atoms with Crippen LogP contribution in [0.3, 0.4) is 0 Å². The van der Waals surface area contributed by atoms with Gasteiger partial charge in [0.1, 0.15) is 11.6 Å². The van der Waals surface area contributed by atoms with E-state index >= 15 is 0 Å². The van der Waals surface area contributed by atoms with Gasteiger partial charge in [0.2, 0.25) is 0 Å². The zero-order valence-electron chi connectivity index (χ0n) is 16.5. The first kappa shape index (κ1) is 20.4. The van der Waals surface area contributed by atoms with Gasteiger partial charge in [-0.1, -0.05) is 6.07 Å². The van der Waals surface area contributed by atoms with Crippen molar-refractivity contribution in [3.8, 4) is 5.75 Å². The molecular weight excluding hydrogens is 371 g/mol. The lowest BCUT2D eigenvalue weighted by Gasteiger charge is -2.17. The van der Waals surface area contributed by atoms with Gasteiger partial charge in [-0.15, -0.1) is 0 Å². The number of urea groups is 1. The molecule has 6 nitrogen and oxygen atoms in total. The van der Waals surface area contributed by atoms with E-state index in [1.165, 1.54) is 24.3 Å². The summed E-state index contributed by atoms with van der Waals surface area (Å²) in [4.78, 5) is 16.4. The van der Waals surface area contributed by atoms with E-state index in [0.717, 1.165) is 35.2 Å². The van der Waals surface area contributed by atoms with Gasteiger partial charge >= 0.3 is 6.03 Å². The smallest absolute Gasteiger partial charge is 0.319 e. The molecule has 3 N–H and O–H groups in total. The fourth-order valence-corrected chi connectivity index (χ4v) is 3.05. The highest BCUT2D eigenvalue weighted by Gasteiger charge is 2.09. The van der Waals surface area contributed by atoms with Gasteiger partial charge < -0.3 is 20.7 Å². The molecule has 7 heteroatoms. The molecule has 3 rings (SSSR count). The normalized spacial score (nSPS) is 11.7. The van der Waals surface area contributed by atoms with Gasteiger partial charge in [-0.2, -0.15) is 0 Å². The van der Waals surface area contributed by atoms with E-state index in [9.17, 15) is 9.18 Å². The number of carbonyl (C=O) groups is 1. The monoisotopic (exact) mass is 396 g/mol. The standard InChI is InChI=1S/C22H25FN4O2/c1-15(5-3-12-25-22(28)27-18-9-7-17(23)8-10-18)26-20-14-19(29-2)13-16-6-4-11-24-21(16)20/h4,6-11,13-15,26H,3,5,12H2,1-2H3,(H2,25,27,28). The summed E-state index contributed by atoms with van der Waals surface area (Å²) < 4.78 is 18.3. The van der Waals surface area contributed by atoms with Crippen LogP contribution >= 0.6 is 0 Å². The molecule has 1 aromatic heterocycles. The molecule has 0 aliphatic rings. The maximum absolute atomic E-state index is 12.9. The number of nitrogens with zero attached hydrogens (tertiary/aromatic N) is 1. The molecule has 0 fully saturated rings. The summed E-state index contributed by atoms with van der Waals surface area (Å²) in [5, 5.41) is 9.99. The largest absolute Gasteiger partial charge is 0.497 e. The fourth-order valence-electron chi connectivity index (χ4n) is 3.05. The first-order valence-corrected chi connectivity index (χ1v) is 9.55. The second-order valence-electron chi connectivity index (χ2n) is 6.83. The Balaban J connectivity index is 1.46. The van der Waals surface area contributed by atoms with Crippen molar-refractivity contribution in [1.82, 2.24) is 10.3 Å². The summed E-state index contributed by atoms with van der Waals surface area (Å²) in [6.07, 6.45) is 3.44. The Labute approximate surface area is 169 Å². The van der Waals surface area contributed by atoms with Crippen molar-refractivity contribution >= 4 is 28.3 Å². The minimum absolute atomic E-state index is 0.189. The predicted octanol–water partition coefficient (Wildman–Crippen LogP) is 4.78. The molecule has 0 spiro atoms. The zero-order chi connectivity index (χ0) is 20.6. The molecule has 1 atom stereocenters. The average Bonchev–Trinajstić information content (AvgIpc) is 2.72. The number of rotatable bonds is 8. The lowest BCUT2D eigenvalue weighted by Crippen LogP contribution is -2.30. The fraction of sp³-hybridized carbons (Fsp3) is 0.273. The minimum atomic E-state index is -0.337. The van der Waals surface area contributed by atoms with Gasteiger partial charge in [0, 0.05) is 35.9 Å². The Kier molecular flexibility index (Phi) is 6.84. The van der Waals surface area contributed by atoms with Crippen molar-refractivity contribution in [2.75, 3.05) is 24.3 Å². The number of hydrogen-bond acceptors (Lipinski definition) is 4. The van der Waals surface area contributed by atoms with E-state index in [1.807, 2.05) is 24.3 Å². The maximum atomic E-state index is 12.9. The van der Waals surface area contributed by atoms with Crippen LogP contribution in [0.15, 0.2) is 54.7 Å². The van der Waals surface area contributed by atoms with E-state index in [-0.39, 0.29) is 17.9 Å². The van der Waals surface area contributed by atoms with Crippen LogP contribution in [0.25, 0.3) is 10.9 Å². The average molecular weight is 396 g/mol. The van der Waals surface area contributed by atoms with E-state index in [1.54, 1.807) is 13.3 Å². The van der Waals surface area contributed by atoms with Crippen LogP contribution in [0.5, 0.6) is 5.75 Å². The molecule has 0 saturated carbocycles. The first-order valence-electron chi connectivity index (χ1n) is 9.55. The molecule has 152 valence electrons. The second-order valence-corrected chi connectivity index (χ2v) is 6.83. The quantitative estimate of drug-likeness (QED) is 0.479. The lowest BCUT2D eigenvalue weighted by molar-refractivity contribution is 0.252. The number of hydrogen-bond donors (Lipinski definition) is 3. The number of benzene rings is 2. The Morgan fingerprint density at radius 1 is 1.21 bits per heavy atom. The Morgan fingerprint density at radius 2 is 2.00 bits per heavy atom. The third-order valence-corrected chi connectivity index (χ3v) is 4.52. The van der Waals surface area contributed by atoms with Crippen LogP contribution in [0.4, 0.5) is 20.6 Å². The number of ether oxygens (including phenoxy) is 1. The van der Waals surface area contributed by atoms with Gasteiger partial charge in [-0.3, -0.25) is 4.98 Å². The summed E-state index contributed by atoms with van der Waals surface area (Å²) in [6, 6.07) is 13.3. The molecule has 0 aliphatic heterocycles. The van der Waals surface area contributed by atoms with E-state index in [2.05, 4.69) is 27.9 Å². The van der Waals surface area contributed by atoms with Crippen LogP contribution in [-0.2, 0) is 0 Å². The SMILES string of the molecule is COc1cc(NC(C)CCCNC(=O)Nc2ccc(F)cc2)c2ncccc2c1.